The molecule has 1 amide bonds. The van der Waals surface area contributed by atoms with Crippen molar-refractivity contribution in [3.05, 3.63) is 58.1 Å². The van der Waals surface area contributed by atoms with Crippen molar-refractivity contribution in [2.24, 2.45) is 5.10 Å². The average Bonchev–Trinajstić information content (AvgIpc) is 2.51. The summed E-state index contributed by atoms with van der Waals surface area (Å²) in [6.45, 7) is 3.61. The maximum atomic E-state index is 12.0. The van der Waals surface area contributed by atoms with Crippen LogP contribution < -0.4 is 10.2 Å². The Morgan fingerprint density at radius 3 is 2.78 bits per heavy atom. The molecule has 1 atom stereocenters. The van der Waals surface area contributed by atoms with Crippen LogP contribution in [0.15, 0.2) is 52.0 Å². The number of aryl methyl sites for hydroxylation is 1. The molecule has 0 saturated heterocycles. The Labute approximate surface area is 143 Å². The molecule has 0 fully saturated rings. The van der Waals surface area contributed by atoms with Gasteiger partial charge < -0.3 is 9.84 Å². The van der Waals surface area contributed by atoms with Crippen LogP contribution in [0.3, 0.4) is 0 Å². The highest BCUT2D eigenvalue weighted by molar-refractivity contribution is 9.10. The fraction of sp³-hybridized carbons (Fsp3) is 0.176. The van der Waals surface area contributed by atoms with Crippen LogP contribution >= 0.6 is 15.9 Å². The number of para-hydroxylation sites is 1. The predicted molar refractivity (Wildman–Crippen MR) is 92.8 cm³/mol. The maximum absolute atomic E-state index is 12.0. The molecule has 0 radical (unpaired) electrons. The van der Waals surface area contributed by atoms with E-state index in [1.54, 1.807) is 37.3 Å². The zero-order valence-corrected chi connectivity index (χ0v) is 14.4. The Bertz CT molecular complexity index is 732. The Morgan fingerprint density at radius 1 is 1.35 bits per heavy atom. The molecule has 0 aromatic heterocycles. The Morgan fingerprint density at radius 2 is 2.09 bits per heavy atom. The molecule has 5 nitrogen and oxygen atoms in total. The number of aromatic hydroxyl groups is 1. The minimum atomic E-state index is -0.712. The molecule has 2 aromatic carbocycles. The summed E-state index contributed by atoms with van der Waals surface area (Å²) in [7, 11) is 0. The number of amides is 1. The second kappa shape index (κ2) is 7.78. The molecule has 0 heterocycles. The van der Waals surface area contributed by atoms with Crippen molar-refractivity contribution < 1.29 is 14.6 Å². The molecule has 2 aromatic rings. The third-order valence-electron chi connectivity index (χ3n) is 3.08. The first-order valence-electron chi connectivity index (χ1n) is 7.01. The van der Waals surface area contributed by atoms with Crippen molar-refractivity contribution >= 4 is 28.1 Å². The van der Waals surface area contributed by atoms with Gasteiger partial charge in [0.1, 0.15) is 11.5 Å². The van der Waals surface area contributed by atoms with Crippen LogP contribution in [-0.4, -0.2) is 23.3 Å². The van der Waals surface area contributed by atoms with Crippen LogP contribution in [0.1, 0.15) is 18.1 Å². The number of nitrogens with one attached hydrogen (secondary N) is 1. The van der Waals surface area contributed by atoms with Gasteiger partial charge in [0.15, 0.2) is 6.10 Å². The number of benzene rings is 2. The molecule has 6 heteroatoms. The number of phenolic OH excluding ortho intramolecular Hbond substituents is 1. The van der Waals surface area contributed by atoms with Gasteiger partial charge in [0.25, 0.3) is 5.91 Å². The van der Waals surface area contributed by atoms with Crippen LogP contribution in [0, 0.1) is 6.92 Å². The summed E-state index contributed by atoms with van der Waals surface area (Å²) in [5.74, 6) is 0.297. The Kier molecular flexibility index (Phi) is 5.76. The topological polar surface area (TPSA) is 70.9 Å². The van der Waals surface area contributed by atoms with E-state index < -0.39 is 6.10 Å². The Hall–Kier alpha value is -2.34. The smallest absolute Gasteiger partial charge is 0.280 e. The summed E-state index contributed by atoms with van der Waals surface area (Å²) in [4.78, 5) is 12.0. The van der Waals surface area contributed by atoms with Gasteiger partial charge in [-0.15, -0.1) is 0 Å². The molecule has 0 saturated carbocycles. The second-order valence-electron chi connectivity index (χ2n) is 4.99. The highest BCUT2D eigenvalue weighted by Crippen LogP contribution is 2.26. The van der Waals surface area contributed by atoms with Crippen LogP contribution in [-0.2, 0) is 4.79 Å². The molecule has 0 aliphatic heterocycles. The SMILES string of the molecule is Cc1ccc(O[C@H](C)C(=O)N/N=C/c2ccccc2O)c(Br)c1. The lowest BCUT2D eigenvalue weighted by molar-refractivity contribution is -0.127. The first-order chi connectivity index (χ1) is 11.0. The number of carbonyl (C=O) groups is 1. The molecular formula is C17H17BrN2O3. The number of hydrogen-bond donors (Lipinski definition) is 2. The van der Waals surface area contributed by atoms with Crippen LogP contribution in [0.4, 0.5) is 0 Å². The summed E-state index contributed by atoms with van der Waals surface area (Å²) in [5.41, 5.74) is 4.00. The monoisotopic (exact) mass is 376 g/mol. The van der Waals surface area contributed by atoms with E-state index in [-0.39, 0.29) is 11.7 Å². The number of ether oxygens (including phenoxy) is 1. The van der Waals surface area contributed by atoms with E-state index in [1.165, 1.54) is 6.21 Å². The largest absolute Gasteiger partial charge is 0.507 e. The maximum Gasteiger partial charge on any atom is 0.280 e. The molecule has 0 bridgehead atoms. The fourth-order valence-electron chi connectivity index (χ4n) is 1.80. The van der Waals surface area contributed by atoms with Gasteiger partial charge in [0.05, 0.1) is 10.7 Å². The third kappa shape index (κ3) is 4.82. The van der Waals surface area contributed by atoms with E-state index in [9.17, 15) is 9.90 Å². The molecule has 0 unspecified atom stereocenters. The molecule has 2 rings (SSSR count). The lowest BCUT2D eigenvalue weighted by Crippen LogP contribution is -2.33. The van der Waals surface area contributed by atoms with Crippen molar-refractivity contribution in [3.63, 3.8) is 0 Å². The van der Waals surface area contributed by atoms with Gasteiger partial charge in [-0.2, -0.15) is 5.10 Å². The first-order valence-corrected chi connectivity index (χ1v) is 7.80. The molecule has 0 spiro atoms. The summed E-state index contributed by atoms with van der Waals surface area (Å²) in [6, 6.07) is 12.3. The van der Waals surface area contributed by atoms with Crippen LogP contribution in [0.2, 0.25) is 0 Å². The number of hydrazone groups is 1. The number of carbonyl (C=O) groups excluding carboxylic acids is 1. The average molecular weight is 377 g/mol. The molecule has 23 heavy (non-hydrogen) atoms. The van der Waals surface area contributed by atoms with Crippen molar-refractivity contribution in [2.75, 3.05) is 0 Å². The van der Waals surface area contributed by atoms with E-state index in [0.29, 0.717) is 11.3 Å². The Balaban J connectivity index is 1.94. The normalized spacial score (nSPS) is 12.1. The van der Waals surface area contributed by atoms with Crippen molar-refractivity contribution in [3.8, 4) is 11.5 Å². The molecular weight excluding hydrogens is 360 g/mol. The summed E-state index contributed by atoms with van der Waals surface area (Å²) in [6.07, 6.45) is 0.664. The molecule has 0 aliphatic carbocycles. The van der Waals surface area contributed by atoms with Crippen LogP contribution in [0.5, 0.6) is 11.5 Å². The fourth-order valence-corrected chi connectivity index (χ4v) is 2.39. The third-order valence-corrected chi connectivity index (χ3v) is 3.70. The van der Waals surface area contributed by atoms with Gasteiger partial charge in [-0.05, 0) is 59.6 Å². The van der Waals surface area contributed by atoms with E-state index in [1.807, 2.05) is 19.1 Å². The number of hydrogen-bond acceptors (Lipinski definition) is 4. The lowest BCUT2D eigenvalue weighted by atomic mass is 10.2. The van der Waals surface area contributed by atoms with Crippen LogP contribution in [0.25, 0.3) is 0 Å². The zero-order chi connectivity index (χ0) is 16.8. The van der Waals surface area contributed by atoms with Gasteiger partial charge in [-0.25, -0.2) is 5.43 Å². The first kappa shape index (κ1) is 17.0. The number of rotatable bonds is 5. The molecule has 120 valence electrons. The minimum absolute atomic E-state index is 0.0957. The van der Waals surface area contributed by atoms with E-state index in [0.717, 1.165) is 10.0 Å². The highest BCUT2D eigenvalue weighted by atomic mass is 79.9. The van der Waals surface area contributed by atoms with Gasteiger partial charge in [0.2, 0.25) is 0 Å². The molecule has 2 N–H and O–H groups in total. The van der Waals surface area contributed by atoms with Gasteiger partial charge in [0, 0.05) is 5.56 Å². The van der Waals surface area contributed by atoms with Gasteiger partial charge >= 0.3 is 0 Å². The molecule has 0 aliphatic rings. The summed E-state index contributed by atoms with van der Waals surface area (Å²) >= 11 is 3.40. The summed E-state index contributed by atoms with van der Waals surface area (Å²) in [5, 5.41) is 13.4. The van der Waals surface area contributed by atoms with E-state index in [4.69, 9.17) is 4.74 Å². The van der Waals surface area contributed by atoms with Crippen molar-refractivity contribution in [1.82, 2.24) is 5.43 Å². The quantitative estimate of drug-likeness (QED) is 0.620. The number of phenols is 1. The predicted octanol–water partition coefficient (Wildman–Crippen LogP) is 3.38. The standard InChI is InChI=1S/C17H17BrN2O3/c1-11-7-8-16(14(18)9-11)23-12(2)17(22)20-19-10-13-5-3-4-6-15(13)21/h3-10,12,21H,1-2H3,(H,20,22)/b19-10+/t12-/m1/s1. The number of halogens is 1. The van der Waals surface area contributed by atoms with E-state index >= 15 is 0 Å². The highest BCUT2D eigenvalue weighted by Gasteiger charge is 2.15. The van der Waals surface area contributed by atoms with Crippen molar-refractivity contribution in [1.29, 1.82) is 0 Å². The van der Waals surface area contributed by atoms with Gasteiger partial charge in [-0.3, -0.25) is 4.79 Å². The van der Waals surface area contributed by atoms with E-state index in [2.05, 4.69) is 26.5 Å². The lowest BCUT2D eigenvalue weighted by Gasteiger charge is -2.14. The van der Waals surface area contributed by atoms with Gasteiger partial charge in [-0.1, -0.05) is 18.2 Å². The minimum Gasteiger partial charge on any atom is -0.507 e. The second-order valence-corrected chi connectivity index (χ2v) is 5.84. The van der Waals surface area contributed by atoms with Crippen molar-refractivity contribution in [2.45, 2.75) is 20.0 Å². The zero-order valence-electron chi connectivity index (χ0n) is 12.8. The summed E-state index contributed by atoms with van der Waals surface area (Å²) < 4.78 is 6.39. The number of nitrogens with zero attached hydrogens (tertiary/aromatic N) is 1.